The fourth-order valence-corrected chi connectivity index (χ4v) is 5.55. The predicted octanol–water partition coefficient (Wildman–Crippen LogP) is 5.15. The van der Waals surface area contributed by atoms with Crippen LogP contribution < -0.4 is 21.1 Å². The molecular weight excluding hydrogens is 534 g/mol. The summed E-state index contributed by atoms with van der Waals surface area (Å²) in [4.78, 5) is 25.9. The zero-order chi connectivity index (χ0) is 26.3. The number of halogens is 1. The molecule has 0 aliphatic carbocycles. The van der Waals surface area contributed by atoms with Gasteiger partial charge in [0, 0.05) is 28.0 Å². The van der Waals surface area contributed by atoms with Crippen molar-refractivity contribution < 1.29 is 13.2 Å². The minimum atomic E-state index is -3.51. The summed E-state index contributed by atoms with van der Waals surface area (Å²) in [6, 6.07) is 10.5. The summed E-state index contributed by atoms with van der Waals surface area (Å²) in [5.41, 5.74) is 9.13. The third-order valence-electron chi connectivity index (χ3n) is 5.54. The topological polar surface area (TPSA) is 152 Å². The van der Waals surface area contributed by atoms with E-state index < -0.39 is 10.0 Å². The summed E-state index contributed by atoms with van der Waals surface area (Å²) >= 11 is 7.46. The molecule has 3 heterocycles. The third-order valence-corrected chi connectivity index (χ3v) is 7.45. The number of anilines is 5. The molecule has 0 radical (unpaired) electrons. The van der Waals surface area contributed by atoms with Gasteiger partial charge in [-0.2, -0.15) is 0 Å². The van der Waals surface area contributed by atoms with Gasteiger partial charge in [-0.1, -0.05) is 23.7 Å². The first-order valence-corrected chi connectivity index (χ1v) is 14.0. The number of nitrogen functional groups attached to an aromatic ring is 1. The van der Waals surface area contributed by atoms with Crippen LogP contribution >= 0.6 is 22.9 Å². The average Bonchev–Trinajstić information content (AvgIpc) is 3.28. The van der Waals surface area contributed by atoms with Gasteiger partial charge in [0.05, 0.1) is 38.4 Å². The van der Waals surface area contributed by atoms with Crippen LogP contribution in [0, 0.1) is 6.92 Å². The normalized spacial score (nSPS) is 11.5. The van der Waals surface area contributed by atoms with E-state index in [2.05, 4.69) is 30.3 Å². The van der Waals surface area contributed by atoms with Crippen LogP contribution in [0.4, 0.5) is 28.7 Å². The van der Waals surface area contributed by atoms with Crippen LogP contribution in [0.3, 0.4) is 0 Å². The van der Waals surface area contributed by atoms with Crippen molar-refractivity contribution in [1.82, 2.24) is 15.0 Å². The molecule has 0 fully saturated rings. The summed E-state index contributed by atoms with van der Waals surface area (Å²) in [6.07, 6.45) is 4.01. The largest absolute Gasteiger partial charge is 0.382 e. The molecule has 5 rings (SSSR count). The van der Waals surface area contributed by atoms with E-state index in [1.54, 1.807) is 29.8 Å². The average molecular weight is 554 g/mol. The third kappa shape index (κ3) is 4.99. The summed E-state index contributed by atoms with van der Waals surface area (Å²) in [7, 11) is -3.51. The Bertz CT molecular complexity index is 1810. The van der Waals surface area contributed by atoms with Crippen LogP contribution in [0.15, 0.2) is 54.3 Å². The van der Waals surface area contributed by atoms with E-state index in [1.807, 2.05) is 25.1 Å². The summed E-state index contributed by atoms with van der Waals surface area (Å²) in [5, 5.41) is 9.71. The second-order valence-electron chi connectivity index (χ2n) is 8.25. The Hall–Kier alpha value is -4.00. The number of nitrogens with two attached hydrogens (primary N) is 1. The molecular formula is C24H20ClN7O3S2. The number of nitrogens with one attached hydrogen (secondary N) is 3. The number of aromatic nitrogens is 3. The monoisotopic (exact) mass is 553 g/mol. The van der Waals surface area contributed by atoms with Crippen LogP contribution in [-0.2, 0) is 10.0 Å². The number of carbonyl (C=O) groups is 1. The fraction of sp³-hybridized carbons (Fsp3) is 0.0833. The zero-order valence-corrected chi connectivity index (χ0v) is 21.9. The first-order chi connectivity index (χ1) is 17.6. The van der Waals surface area contributed by atoms with Crippen molar-refractivity contribution in [2.24, 2.45) is 0 Å². The van der Waals surface area contributed by atoms with E-state index in [0.29, 0.717) is 38.8 Å². The number of sulfonamides is 1. The number of rotatable bonds is 6. The lowest BCUT2D eigenvalue weighted by atomic mass is 10.0. The van der Waals surface area contributed by atoms with E-state index in [1.165, 1.54) is 17.7 Å². The molecule has 2 aromatic carbocycles. The van der Waals surface area contributed by atoms with Crippen LogP contribution in [0.25, 0.3) is 21.0 Å². The van der Waals surface area contributed by atoms with Crippen molar-refractivity contribution in [3.05, 3.63) is 70.5 Å². The molecule has 5 aromatic rings. The van der Waals surface area contributed by atoms with Gasteiger partial charge in [0.25, 0.3) is 5.91 Å². The molecule has 37 heavy (non-hydrogen) atoms. The molecule has 0 saturated heterocycles. The maximum atomic E-state index is 13.3. The van der Waals surface area contributed by atoms with Crippen LogP contribution in [0.5, 0.6) is 0 Å². The summed E-state index contributed by atoms with van der Waals surface area (Å²) < 4.78 is 26.4. The number of carbonyl (C=O) groups excluding carboxylic acids is 1. The Morgan fingerprint density at radius 3 is 2.68 bits per heavy atom. The Morgan fingerprint density at radius 1 is 1.08 bits per heavy atom. The van der Waals surface area contributed by atoms with Gasteiger partial charge in [0.15, 0.2) is 0 Å². The highest BCUT2D eigenvalue weighted by atomic mass is 35.5. The van der Waals surface area contributed by atoms with Crippen LogP contribution in [-0.4, -0.2) is 35.5 Å². The maximum Gasteiger partial charge on any atom is 0.258 e. The number of aryl methyl sites for hydroxylation is 1. The molecule has 0 spiro atoms. The van der Waals surface area contributed by atoms with Gasteiger partial charge in [-0.15, -0.1) is 11.3 Å². The van der Waals surface area contributed by atoms with E-state index in [4.69, 9.17) is 17.3 Å². The second kappa shape index (κ2) is 9.47. The Kier molecular flexibility index (Phi) is 6.31. The van der Waals surface area contributed by atoms with Crippen molar-refractivity contribution >= 4 is 88.6 Å². The standard InChI is InChI=1S/C24H20ClN7O3S2/c1-12-3-5-15-14(19(12)31-24(33)16-10-36-21-20(16)28-11-29-22(21)26)7-8-27-23(15)30-13-4-6-17(25)18(9-13)32-37(2,34)35/h3-11,32H,1-2H3,(H,27,30)(H,31,33)(H2,26,28,29). The second-order valence-corrected chi connectivity index (χ2v) is 11.3. The van der Waals surface area contributed by atoms with Crippen molar-refractivity contribution in [2.75, 3.05) is 27.3 Å². The molecule has 10 nitrogen and oxygen atoms in total. The first-order valence-electron chi connectivity index (χ1n) is 10.8. The van der Waals surface area contributed by atoms with Gasteiger partial charge in [-0.3, -0.25) is 9.52 Å². The molecule has 0 saturated carbocycles. The number of hydrogen-bond acceptors (Lipinski definition) is 9. The summed E-state index contributed by atoms with van der Waals surface area (Å²) in [6.45, 7) is 1.90. The highest BCUT2D eigenvalue weighted by molar-refractivity contribution is 7.92. The Morgan fingerprint density at radius 2 is 1.89 bits per heavy atom. The van der Waals surface area contributed by atoms with Gasteiger partial charge in [-0.05, 0) is 36.8 Å². The van der Waals surface area contributed by atoms with Crippen molar-refractivity contribution in [3.63, 3.8) is 0 Å². The number of fused-ring (bicyclic) bond motifs is 2. The number of hydrogen-bond donors (Lipinski definition) is 4. The molecule has 1 amide bonds. The number of nitrogens with zero attached hydrogens (tertiary/aromatic N) is 3. The number of benzene rings is 2. The van der Waals surface area contributed by atoms with E-state index in [9.17, 15) is 13.2 Å². The fourth-order valence-electron chi connectivity index (χ4n) is 3.86. The van der Waals surface area contributed by atoms with Crippen molar-refractivity contribution in [2.45, 2.75) is 6.92 Å². The molecule has 13 heteroatoms. The van der Waals surface area contributed by atoms with Gasteiger partial charge in [0.2, 0.25) is 10.0 Å². The van der Waals surface area contributed by atoms with Gasteiger partial charge >= 0.3 is 0 Å². The highest BCUT2D eigenvalue weighted by Gasteiger charge is 2.18. The highest BCUT2D eigenvalue weighted by Crippen LogP contribution is 2.35. The quantitative estimate of drug-likeness (QED) is 0.225. The smallest absolute Gasteiger partial charge is 0.258 e. The van der Waals surface area contributed by atoms with Gasteiger partial charge < -0.3 is 16.4 Å². The van der Waals surface area contributed by atoms with E-state index in [-0.39, 0.29) is 16.6 Å². The molecule has 0 atom stereocenters. The van der Waals surface area contributed by atoms with Crippen molar-refractivity contribution in [3.8, 4) is 0 Å². The lowest BCUT2D eigenvalue weighted by molar-refractivity contribution is 0.102. The van der Waals surface area contributed by atoms with E-state index in [0.717, 1.165) is 22.6 Å². The molecule has 0 bridgehead atoms. The Balaban J connectivity index is 1.50. The minimum Gasteiger partial charge on any atom is -0.382 e. The molecule has 188 valence electrons. The molecule has 0 aliphatic rings. The van der Waals surface area contributed by atoms with Crippen LogP contribution in [0.1, 0.15) is 15.9 Å². The van der Waals surface area contributed by atoms with Crippen LogP contribution in [0.2, 0.25) is 5.02 Å². The lowest BCUT2D eigenvalue weighted by Crippen LogP contribution is -2.13. The van der Waals surface area contributed by atoms with Gasteiger partial charge in [-0.25, -0.2) is 23.4 Å². The predicted molar refractivity (Wildman–Crippen MR) is 149 cm³/mol. The maximum absolute atomic E-state index is 13.3. The Labute approximate surface area is 221 Å². The summed E-state index contributed by atoms with van der Waals surface area (Å²) in [5.74, 6) is 0.525. The molecule has 0 unspecified atom stereocenters. The number of amides is 1. The van der Waals surface area contributed by atoms with Gasteiger partial charge in [0.1, 0.15) is 18.0 Å². The van der Waals surface area contributed by atoms with Crippen molar-refractivity contribution in [1.29, 1.82) is 0 Å². The number of thiophene rings is 1. The molecule has 0 aliphatic heterocycles. The minimum absolute atomic E-state index is 0.241. The first kappa shape index (κ1) is 24.7. The zero-order valence-electron chi connectivity index (χ0n) is 19.5. The SMILES string of the molecule is Cc1ccc2c(Nc3ccc(Cl)c(NS(C)(=O)=O)c3)nccc2c1NC(=O)c1csc2c(N)ncnc12. The molecule has 3 aromatic heterocycles. The molecule has 5 N–H and O–H groups in total. The number of pyridine rings is 1. The lowest BCUT2D eigenvalue weighted by Gasteiger charge is -2.15. The van der Waals surface area contributed by atoms with E-state index >= 15 is 0 Å².